The summed E-state index contributed by atoms with van der Waals surface area (Å²) < 4.78 is 0. The van der Waals surface area contributed by atoms with Crippen molar-refractivity contribution in [3.63, 3.8) is 0 Å². The largest absolute Gasteiger partial charge is 0.326 e. The van der Waals surface area contributed by atoms with Gasteiger partial charge in [-0.05, 0) is 43.7 Å². The van der Waals surface area contributed by atoms with Crippen molar-refractivity contribution in [3.05, 3.63) is 94.0 Å². The third kappa shape index (κ3) is 6.03. The molecule has 0 saturated heterocycles. The Morgan fingerprint density at radius 1 is 0.774 bits per heavy atom. The molecule has 0 aliphatic carbocycles. The third-order valence-corrected chi connectivity index (χ3v) is 5.01. The molecule has 0 aliphatic heterocycles. The molecular weight excluding hydrogens is 412 g/mol. The number of hydrogen-bond donors (Lipinski definition) is 2. The van der Waals surface area contributed by atoms with Gasteiger partial charge in [0, 0.05) is 34.7 Å². The van der Waals surface area contributed by atoms with E-state index in [2.05, 4.69) is 10.6 Å². The normalized spacial score (nSPS) is 10.4. The van der Waals surface area contributed by atoms with Gasteiger partial charge in [-0.1, -0.05) is 59.6 Å². The molecule has 0 radical (unpaired) electrons. The highest BCUT2D eigenvalue weighted by atomic mass is 35.5. The van der Waals surface area contributed by atoms with Crippen LogP contribution in [0.15, 0.2) is 66.7 Å². The Kier molecular flexibility index (Phi) is 7.21. The van der Waals surface area contributed by atoms with Crippen LogP contribution in [0.25, 0.3) is 0 Å². The predicted octanol–water partition coefficient (Wildman–Crippen LogP) is 5.55. The van der Waals surface area contributed by atoms with Crippen LogP contribution in [-0.2, 0) is 9.59 Å². The average Bonchev–Trinajstić information content (AvgIpc) is 2.75. The van der Waals surface area contributed by atoms with Crippen LogP contribution in [0.1, 0.15) is 39.9 Å². The van der Waals surface area contributed by atoms with Crippen LogP contribution in [-0.4, -0.2) is 17.6 Å². The van der Waals surface area contributed by atoms with Crippen LogP contribution in [0, 0.1) is 13.8 Å². The van der Waals surface area contributed by atoms with Crippen LogP contribution >= 0.6 is 11.6 Å². The molecule has 0 heterocycles. The van der Waals surface area contributed by atoms with E-state index in [1.54, 1.807) is 36.4 Å². The molecule has 0 spiro atoms. The standard InChI is InChI=1S/C25H23ClN2O3/c1-16-8-10-21(17(2)14-16)27-23(29)12-13-24(30)28-22-11-9-19(26)15-20(22)25(31)18-6-4-3-5-7-18/h3-11,14-15H,12-13H2,1-2H3,(H,27,29)(H,28,30). The zero-order chi connectivity index (χ0) is 22.4. The molecule has 0 atom stereocenters. The van der Waals surface area contributed by atoms with E-state index in [-0.39, 0.29) is 30.4 Å². The van der Waals surface area contributed by atoms with Crippen LogP contribution in [0.5, 0.6) is 0 Å². The van der Waals surface area contributed by atoms with Gasteiger partial charge in [-0.15, -0.1) is 0 Å². The minimum Gasteiger partial charge on any atom is -0.326 e. The second kappa shape index (κ2) is 10.0. The average molecular weight is 435 g/mol. The van der Waals surface area contributed by atoms with Gasteiger partial charge in [-0.2, -0.15) is 0 Å². The van der Waals surface area contributed by atoms with Gasteiger partial charge in [-0.3, -0.25) is 14.4 Å². The van der Waals surface area contributed by atoms with E-state index < -0.39 is 0 Å². The SMILES string of the molecule is Cc1ccc(NC(=O)CCC(=O)Nc2ccc(Cl)cc2C(=O)c2ccccc2)c(C)c1. The topological polar surface area (TPSA) is 75.3 Å². The Hall–Kier alpha value is -3.44. The number of carbonyl (C=O) groups is 3. The molecule has 0 fully saturated rings. The first-order valence-corrected chi connectivity index (χ1v) is 10.3. The highest BCUT2D eigenvalue weighted by Gasteiger charge is 2.16. The number of halogens is 1. The number of aryl methyl sites for hydroxylation is 2. The van der Waals surface area contributed by atoms with Crippen LogP contribution in [0.3, 0.4) is 0 Å². The monoisotopic (exact) mass is 434 g/mol. The number of rotatable bonds is 7. The second-order valence-corrected chi connectivity index (χ2v) is 7.74. The maximum absolute atomic E-state index is 12.9. The fraction of sp³-hybridized carbons (Fsp3) is 0.160. The summed E-state index contributed by atoms with van der Waals surface area (Å²) in [6.45, 7) is 3.90. The van der Waals surface area contributed by atoms with Crippen molar-refractivity contribution >= 4 is 40.6 Å². The Morgan fingerprint density at radius 2 is 1.39 bits per heavy atom. The van der Waals surface area contributed by atoms with Crippen molar-refractivity contribution in [2.45, 2.75) is 26.7 Å². The molecule has 5 nitrogen and oxygen atoms in total. The molecule has 0 bridgehead atoms. The second-order valence-electron chi connectivity index (χ2n) is 7.30. The van der Waals surface area contributed by atoms with Gasteiger partial charge in [0.2, 0.25) is 11.8 Å². The molecule has 6 heteroatoms. The first-order chi connectivity index (χ1) is 14.8. The summed E-state index contributed by atoms with van der Waals surface area (Å²) in [6.07, 6.45) is 0.00698. The number of hydrogen-bond acceptors (Lipinski definition) is 3. The number of nitrogens with one attached hydrogen (secondary N) is 2. The van der Waals surface area contributed by atoms with Gasteiger partial charge < -0.3 is 10.6 Å². The zero-order valence-corrected chi connectivity index (χ0v) is 18.1. The van der Waals surface area contributed by atoms with Crippen molar-refractivity contribution in [1.29, 1.82) is 0 Å². The van der Waals surface area contributed by atoms with Crippen molar-refractivity contribution in [2.24, 2.45) is 0 Å². The summed E-state index contributed by atoms with van der Waals surface area (Å²) in [5.74, 6) is -0.856. The molecule has 3 rings (SSSR count). The number of carbonyl (C=O) groups excluding carboxylic acids is 3. The Bertz CT molecular complexity index is 1130. The van der Waals surface area contributed by atoms with Crippen molar-refractivity contribution < 1.29 is 14.4 Å². The number of ketones is 1. The molecule has 0 aromatic heterocycles. The Balaban J connectivity index is 1.64. The zero-order valence-electron chi connectivity index (χ0n) is 17.4. The summed E-state index contributed by atoms with van der Waals surface area (Å²) in [5, 5.41) is 5.95. The summed E-state index contributed by atoms with van der Waals surface area (Å²) >= 11 is 6.07. The molecule has 2 amide bonds. The highest BCUT2D eigenvalue weighted by molar-refractivity contribution is 6.31. The van der Waals surface area contributed by atoms with Gasteiger partial charge in [0.25, 0.3) is 0 Å². The van der Waals surface area contributed by atoms with E-state index in [4.69, 9.17) is 11.6 Å². The minimum atomic E-state index is -0.361. The Morgan fingerprint density at radius 3 is 2.03 bits per heavy atom. The van der Waals surface area contributed by atoms with E-state index in [9.17, 15) is 14.4 Å². The highest BCUT2D eigenvalue weighted by Crippen LogP contribution is 2.24. The van der Waals surface area contributed by atoms with Gasteiger partial charge in [0.1, 0.15) is 0 Å². The molecule has 0 aliphatic rings. The first kappa shape index (κ1) is 22.2. The van der Waals surface area contributed by atoms with Crippen molar-refractivity contribution in [2.75, 3.05) is 10.6 Å². The lowest BCUT2D eigenvalue weighted by atomic mass is 10.0. The molecular formula is C25H23ClN2O3. The molecule has 0 saturated carbocycles. The molecule has 158 valence electrons. The minimum absolute atomic E-state index is 0.0155. The van der Waals surface area contributed by atoms with Crippen molar-refractivity contribution in [3.8, 4) is 0 Å². The van der Waals surface area contributed by atoms with E-state index in [1.807, 2.05) is 38.1 Å². The smallest absolute Gasteiger partial charge is 0.224 e. The van der Waals surface area contributed by atoms with E-state index in [1.165, 1.54) is 6.07 Å². The maximum Gasteiger partial charge on any atom is 0.224 e. The van der Waals surface area contributed by atoms with Crippen LogP contribution < -0.4 is 10.6 Å². The summed E-state index contributed by atoms with van der Waals surface area (Å²) in [5.41, 5.74) is 3.95. The van der Waals surface area contributed by atoms with E-state index in [0.717, 1.165) is 16.8 Å². The summed E-state index contributed by atoms with van der Waals surface area (Å²) in [4.78, 5) is 37.5. The molecule has 0 unspecified atom stereocenters. The number of benzene rings is 3. The van der Waals surface area contributed by atoms with Gasteiger partial charge in [0.15, 0.2) is 5.78 Å². The predicted molar refractivity (Wildman–Crippen MR) is 124 cm³/mol. The number of amides is 2. The summed E-state index contributed by atoms with van der Waals surface area (Å²) in [6, 6.07) is 19.2. The fourth-order valence-corrected chi connectivity index (χ4v) is 3.34. The van der Waals surface area contributed by atoms with Crippen LogP contribution in [0.2, 0.25) is 5.02 Å². The molecule has 3 aromatic carbocycles. The maximum atomic E-state index is 12.9. The van der Waals surface area contributed by atoms with Crippen molar-refractivity contribution in [1.82, 2.24) is 0 Å². The molecule has 2 N–H and O–H groups in total. The quantitative estimate of drug-likeness (QED) is 0.479. The Labute approximate surface area is 186 Å². The van der Waals surface area contributed by atoms with Gasteiger partial charge in [0.05, 0.1) is 5.69 Å². The van der Waals surface area contributed by atoms with E-state index >= 15 is 0 Å². The summed E-state index contributed by atoms with van der Waals surface area (Å²) in [7, 11) is 0. The lowest BCUT2D eigenvalue weighted by molar-refractivity contribution is -0.121. The third-order valence-electron chi connectivity index (χ3n) is 4.77. The van der Waals surface area contributed by atoms with Gasteiger partial charge in [-0.25, -0.2) is 0 Å². The van der Waals surface area contributed by atoms with E-state index in [0.29, 0.717) is 21.8 Å². The number of anilines is 2. The molecule has 3 aromatic rings. The molecule has 31 heavy (non-hydrogen) atoms. The van der Waals surface area contributed by atoms with Crippen LogP contribution in [0.4, 0.5) is 11.4 Å². The first-order valence-electron chi connectivity index (χ1n) is 9.90. The lowest BCUT2D eigenvalue weighted by Gasteiger charge is -2.12. The lowest BCUT2D eigenvalue weighted by Crippen LogP contribution is -2.19. The van der Waals surface area contributed by atoms with Gasteiger partial charge >= 0.3 is 0 Å². The fourth-order valence-electron chi connectivity index (χ4n) is 3.16.